The zero-order valence-corrected chi connectivity index (χ0v) is 7.90. The van der Waals surface area contributed by atoms with Crippen molar-refractivity contribution in [2.45, 2.75) is 0 Å². The molecule has 0 aromatic rings. The van der Waals surface area contributed by atoms with Crippen LogP contribution >= 0.6 is 11.6 Å². The molecule has 0 saturated carbocycles. The zero-order chi connectivity index (χ0) is 8.54. The molecule has 0 bridgehead atoms. The molecule has 3 nitrogen and oxygen atoms in total. The Hall–Kier alpha value is 0.170. The molecule has 1 aliphatic heterocycles. The molecule has 0 aromatic heterocycles. The molecule has 66 valence electrons. The van der Waals surface area contributed by atoms with Gasteiger partial charge in [-0.3, -0.25) is 4.59 Å². The smallest absolute Gasteiger partial charge is 0.107 e. The number of nitrogens with two attached hydrogens (primary N) is 1. The Balaban J connectivity index is 2.45. The number of rotatable bonds is 3. The lowest BCUT2D eigenvalue weighted by atomic mass is 9.88. The van der Waals surface area contributed by atoms with Crippen molar-refractivity contribution in [1.82, 2.24) is 0 Å². The second kappa shape index (κ2) is 2.90. The van der Waals surface area contributed by atoms with Crippen LogP contribution in [0.25, 0.3) is 0 Å². The summed E-state index contributed by atoms with van der Waals surface area (Å²) >= 11 is 5.82. The maximum absolute atomic E-state index is 5.83. The van der Waals surface area contributed by atoms with Crippen LogP contribution in [-0.2, 0) is 4.74 Å². The normalized spacial score (nSPS) is 22.9. The molecular weight excluding hydrogens is 164 g/mol. The summed E-state index contributed by atoms with van der Waals surface area (Å²) in [5.74, 6) is 6.47. The quantitative estimate of drug-likeness (QED) is 0.291. The standard InChI is InChI=1S/C7H16ClN2O/c1-10(2,9)4-7(3-8)5-11-6-7/h3-6,9H2,1-2H3/q+1. The van der Waals surface area contributed by atoms with Crippen molar-refractivity contribution in [3.63, 3.8) is 0 Å². The molecule has 0 radical (unpaired) electrons. The van der Waals surface area contributed by atoms with Crippen LogP contribution in [0.5, 0.6) is 0 Å². The number of nitrogens with zero attached hydrogens (tertiary/aromatic N) is 1. The van der Waals surface area contributed by atoms with Crippen molar-refractivity contribution in [2.24, 2.45) is 11.3 Å². The van der Waals surface area contributed by atoms with Gasteiger partial charge >= 0.3 is 0 Å². The van der Waals surface area contributed by atoms with Crippen LogP contribution in [-0.4, -0.2) is 44.3 Å². The Morgan fingerprint density at radius 1 is 1.55 bits per heavy atom. The molecule has 1 fully saturated rings. The summed E-state index contributed by atoms with van der Waals surface area (Å²) in [5, 5.41) is 0. The molecule has 0 spiro atoms. The molecule has 0 aliphatic carbocycles. The highest BCUT2D eigenvalue weighted by atomic mass is 35.5. The van der Waals surface area contributed by atoms with Gasteiger partial charge in [-0.15, -0.1) is 11.6 Å². The molecule has 1 aliphatic rings. The number of ether oxygens (including phenoxy) is 1. The molecule has 11 heavy (non-hydrogen) atoms. The molecule has 1 heterocycles. The van der Waals surface area contributed by atoms with Gasteiger partial charge in [0.1, 0.15) is 6.54 Å². The first-order chi connectivity index (χ1) is 4.97. The third-order valence-electron chi connectivity index (χ3n) is 1.84. The predicted octanol–water partition coefficient (Wildman–Crippen LogP) is 0.192. The van der Waals surface area contributed by atoms with Gasteiger partial charge in [0.25, 0.3) is 0 Å². The minimum Gasteiger partial charge on any atom is -0.380 e. The van der Waals surface area contributed by atoms with E-state index in [1.54, 1.807) is 0 Å². The highest BCUT2D eigenvalue weighted by Crippen LogP contribution is 2.30. The number of hydrogen-bond donors (Lipinski definition) is 1. The third kappa shape index (κ3) is 2.30. The fourth-order valence-corrected chi connectivity index (χ4v) is 1.70. The maximum Gasteiger partial charge on any atom is 0.107 e. The number of hydrogen-bond acceptors (Lipinski definition) is 2. The summed E-state index contributed by atoms with van der Waals surface area (Å²) in [6, 6.07) is 0. The van der Waals surface area contributed by atoms with E-state index in [1.807, 2.05) is 14.1 Å². The zero-order valence-electron chi connectivity index (χ0n) is 7.14. The van der Waals surface area contributed by atoms with Crippen LogP contribution in [0.1, 0.15) is 0 Å². The predicted molar refractivity (Wildman–Crippen MR) is 45.1 cm³/mol. The second-order valence-electron chi connectivity index (χ2n) is 4.06. The van der Waals surface area contributed by atoms with Gasteiger partial charge in [-0.05, 0) is 0 Å². The third-order valence-corrected chi connectivity index (χ3v) is 2.41. The first-order valence-corrected chi connectivity index (χ1v) is 4.26. The van der Waals surface area contributed by atoms with Crippen LogP contribution < -0.4 is 5.84 Å². The van der Waals surface area contributed by atoms with Crippen molar-refractivity contribution in [2.75, 3.05) is 39.7 Å². The van der Waals surface area contributed by atoms with Crippen molar-refractivity contribution >= 4 is 11.6 Å². The summed E-state index contributed by atoms with van der Waals surface area (Å²) in [6.45, 7) is 2.40. The van der Waals surface area contributed by atoms with Crippen LogP contribution in [0.3, 0.4) is 0 Å². The number of quaternary nitrogens is 1. The van der Waals surface area contributed by atoms with E-state index in [0.717, 1.165) is 19.8 Å². The van der Waals surface area contributed by atoms with Crippen molar-refractivity contribution < 1.29 is 9.33 Å². The number of alkyl halides is 1. The second-order valence-corrected chi connectivity index (χ2v) is 4.33. The van der Waals surface area contributed by atoms with Gasteiger partial charge in [0.15, 0.2) is 0 Å². The highest BCUT2D eigenvalue weighted by Gasteiger charge is 2.42. The topological polar surface area (TPSA) is 35.2 Å². The summed E-state index contributed by atoms with van der Waals surface area (Å²) in [7, 11) is 3.93. The molecule has 0 amide bonds. The Morgan fingerprint density at radius 2 is 2.09 bits per heavy atom. The van der Waals surface area contributed by atoms with Gasteiger partial charge in [0.05, 0.1) is 32.7 Å². The molecule has 0 aromatic carbocycles. The summed E-state index contributed by atoms with van der Waals surface area (Å²) in [6.07, 6.45) is 0. The van der Waals surface area contributed by atoms with Crippen LogP contribution in [0.15, 0.2) is 0 Å². The van der Waals surface area contributed by atoms with E-state index in [0.29, 0.717) is 10.5 Å². The molecule has 4 heteroatoms. The number of halogens is 1. The summed E-state index contributed by atoms with van der Waals surface area (Å²) < 4.78 is 5.59. The summed E-state index contributed by atoms with van der Waals surface area (Å²) in [5.41, 5.74) is 0.139. The Labute approximate surface area is 72.6 Å². The molecule has 1 rings (SSSR count). The van der Waals surface area contributed by atoms with E-state index in [9.17, 15) is 0 Å². The average molecular weight is 180 g/mol. The average Bonchev–Trinajstić information content (AvgIpc) is 1.77. The van der Waals surface area contributed by atoms with E-state index in [-0.39, 0.29) is 5.41 Å². The van der Waals surface area contributed by atoms with E-state index in [4.69, 9.17) is 22.2 Å². The molecule has 0 atom stereocenters. The Morgan fingerprint density at radius 3 is 2.18 bits per heavy atom. The lowest BCUT2D eigenvalue weighted by molar-refractivity contribution is -0.910. The van der Waals surface area contributed by atoms with Crippen molar-refractivity contribution in [1.29, 1.82) is 0 Å². The summed E-state index contributed by atoms with van der Waals surface area (Å²) in [4.78, 5) is 0. The van der Waals surface area contributed by atoms with Gasteiger partial charge in [0, 0.05) is 5.88 Å². The van der Waals surface area contributed by atoms with Gasteiger partial charge in [-0.2, -0.15) is 5.84 Å². The molecule has 0 unspecified atom stereocenters. The monoisotopic (exact) mass is 179 g/mol. The Kier molecular flexibility index (Phi) is 2.44. The van der Waals surface area contributed by atoms with Crippen molar-refractivity contribution in [3.8, 4) is 0 Å². The minimum absolute atomic E-state index is 0.139. The molecule has 1 saturated heterocycles. The maximum atomic E-state index is 5.83. The van der Waals surface area contributed by atoms with Gasteiger partial charge in [-0.25, -0.2) is 0 Å². The van der Waals surface area contributed by atoms with E-state index in [2.05, 4.69) is 0 Å². The SMILES string of the molecule is C[N+](C)(N)CC1(CCl)COC1. The fraction of sp³-hybridized carbons (Fsp3) is 1.00. The first-order valence-electron chi connectivity index (χ1n) is 3.73. The largest absolute Gasteiger partial charge is 0.380 e. The molecule has 2 N–H and O–H groups in total. The Bertz CT molecular complexity index is 134. The van der Waals surface area contributed by atoms with E-state index < -0.39 is 0 Å². The van der Waals surface area contributed by atoms with Gasteiger partial charge in [0.2, 0.25) is 0 Å². The van der Waals surface area contributed by atoms with E-state index >= 15 is 0 Å². The van der Waals surface area contributed by atoms with Crippen LogP contribution in [0.2, 0.25) is 0 Å². The lowest BCUT2D eigenvalue weighted by Crippen LogP contribution is -2.60. The first kappa shape index (κ1) is 9.26. The highest BCUT2D eigenvalue weighted by molar-refractivity contribution is 6.18. The van der Waals surface area contributed by atoms with Crippen molar-refractivity contribution in [3.05, 3.63) is 0 Å². The van der Waals surface area contributed by atoms with E-state index in [1.165, 1.54) is 0 Å². The fourth-order valence-electron chi connectivity index (χ4n) is 1.47. The minimum atomic E-state index is 0.139. The lowest BCUT2D eigenvalue weighted by Gasteiger charge is -2.42. The van der Waals surface area contributed by atoms with Crippen LogP contribution in [0, 0.1) is 5.41 Å². The van der Waals surface area contributed by atoms with Crippen LogP contribution in [0.4, 0.5) is 0 Å². The molecular formula is C7H16ClN2O+. The van der Waals surface area contributed by atoms with Gasteiger partial charge < -0.3 is 4.74 Å². The van der Waals surface area contributed by atoms with Gasteiger partial charge in [-0.1, -0.05) is 0 Å².